The summed E-state index contributed by atoms with van der Waals surface area (Å²) in [5.74, 6) is -0.733. The number of ether oxygens (including phenoxy) is 1. The van der Waals surface area contributed by atoms with Crippen LogP contribution in [0.4, 0.5) is 9.18 Å². The number of carbonyl (C=O) groups excluding carboxylic acids is 2. The molecule has 1 fully saturated rings. The Morgan fingerprint density at radius 3 is 2.85 bits per heavy atom. The highest BCUT2D eigenvalue weighted by Gasteiger charge is 2.39. The second-order valence-corrected chi connectivity index (χ2v) is 3.29. The molecule has 1 saturated heterocycles. The lowest BCUT2D eigenvalue weighted by Crippen LogP contribution is -2.42. The molecule has 5 heteroatoms. The number of hydrogen-bond donors (Lipinski definition) is 0. The number of nitrogens with zero attached hydrogens (tertiary/aromatic N) is 1. The van der Waals surface area contributed by atoms with E-state index in [2.05, 4.69) is 4.74 Å². The van der Waals surface area contributed by atoms with Crippen molar-refractivity contribution in [3.8, 4) is 0 Å². The third-order valence-electron chi connectivity index (χ3n) is 2.06. The molecule has 0 unspecified atom stereocenters. The Hall–Kier alpha value is -1.13. The van der Waals surface area contributed by atoms with Crippen LogP contribution in [-0.4, -0.2) is 36.2 Å². The zero-order valence-electron chi connectivity index (χ0n) is 7.62. The van der Waals surface area contributed by atoms with Crippen LogP contribution in [0.25, 0.3) is 0 Å². The van der Waals surface area contributed by atoms with Crippen molar-refractivity contribution >= 4 is 12.0 Å². The fraction of sp³-hybridized carbons (Fsp3) is 0.750. The number of carbonyl (C=O) groups is 2. The van der Waals surface area contributed by atoms with Crippen molar-refractivity contribution in [1.29, 1.82) is 0 Å². The number of alkyl halides is 1. The summed E-state index contributed by atoms with van der Waals surface area (Å²) in [6.07, 6.45) is -0.735. The van der Waals surface area contributed by atoms with Crippen molar-refractivity contribution in [2.75, 3.05) is 13.3 Å². The first-order chi connectivity index (χ1) is 6.07. The fourth-order valence-electron chi connectivity index (χ4n) is 1.28. The van der Waals surface area contributed by atoms with E-state index in [1.54, 1.807) is 0 Å². The Bertz CT molecular complexity index is 229. The number of imide groups is 1. The zero-order valence-corrected chi connectivity index (χ0v) is 7.62. The third kappa shape index (κ3) is 1.79. The minimum absolute atomic E-state index is 0.0851. The van der Waals surface area contributed by atoms with Crippen LogP contribution in [-0.2, 0) is 9.53 Å². The molecule has 13 heavy (non-hydrogen) atoms. The van der Waals surface area contributed by atoms with Crippen LogP contribution in [0.2, 0.25) is 0 Å². The predicted octanol–water partition coefficient (Wildman–Crippen LogP) is 0.959. The molecule has 0 radical (unpaired) electrons. The van der Waals surface area contributed by atoms with E-state index in [0.717, 1.165) is 4.90 Å². The topological polar surface area (TPSA) is 46.6 Å². The molecular weight excluding hydrogens is 177 g/mol. The number of rotatable bonds is 2. The molecule has 4 nitrogen and oxygen atoms in total. The van der Waals surface area contributed by atoms with E-state index < -0.39 is 18.7 Å². The van der Waals surface area contributed by atoms with Crippen LogP contribution < -0.4 is 0 Å². The van der Waals surface area contributed by atoms with E-state index in [4.69, 9.17) is 0 Å². The maximum Gasteiger partial charge on any atom is 0.417 e. The second kappa shape index (κ2) is 3.72. The number of hydrogen-bond acceptors (Lipinski definition) is 3. The molecule has 1 heterocycles. The van der Waals surface area contributed by atoms with Gasteiger partial charge in [0.05, 0.1) is 6.04 Å². The summed E-state index contributed by atoms with van der Waals surface area (Å²) < 4.78 is 16.7. The Kier molecular flexibility index (Phi) is 2.85. The summed E-state index contributed by atoms with van der Waals surface area (Å²) in [5.41, 5.74) is 0. The Morgan fingerprint density at radius 2 is 2.38 bits per heavy atom. The highest BCUT2D eigenvalue weighted by Crippen LogP contribution is 2.19. The molecule has 74 valence electrons. The summed E-state index contributed by atoms with van der Waals surface area (Å²) in [6.45, 7) is 2.72. The van der Waals surface area contributed by atoms with E-state index in [-0.39, 0.29) is 18.6 Å². The van der Waals surface area contributed by atoms with E-state index >= 15 is 0 Å². The van der Waals surface area contributed by atoms with Crippen molar-refractivity contribution in [2.45, 2.75) is 19.9 Å². The summed E-state index contributed by atoms with van der Waals surface area (Å²) in [5, 5.41) is 0. The molecule has 0 N–H and O–H groups in total. The van der Waals surface area contributed by atoms with Crippen LogP contribution in [0.15, 0.2) is 0 Å². The van der Waals surface area contributed by atoms with Crippen LogP contribution in [0, 0.1) is 5.92 Å². The van der Waals surface area contributed by atoms with Crippen molar-refractivity contribution in [3.05, 3.63) is 0 Å². The molecule has 0 spiro atoms. The van der Waals surface area contributed by atoms with Gasteiger partial charge in [-0.1, -0.05) is 13.8 Å². The molecule has 1 atom stereocenters. The molecule has 0 aromatic heterocycles. The Morgan fingerprint density at radius 1 is 1.77 bits per heavy atom. The van der Waals surface area contributed by atoms with Gasteiger partial charge in [0.15, 0.2) is 6.67 Å². The van der Waals surface area contributed by atoms with Gasteiger partial charge in [0.25, 0.3) is 5.91 Å². The Labute approximate surface area is 75.6 Å². The van der Waals surface area contributed by atoms with Gasteiger partial charge in [-0.3, -0.25) is 4.79 Å². The molecule has 0 bridgehead atoms. The van der Waals surface area contributed by atoms with E-state index in [0.29, 0.717) is 0 Å². The van der Waals surface area contributed by atoms with Gasteiger partial charge in [-0.05, 0) is 5.92 Å². The maximum atomic E-state index is 12.0. The monoisotopic (exact) mass is 189 g/mol. The van der Waals surface area contributed by atoms with E-state index in [1.165, 1.54) is 0 Å². The van der Waals surface area contributed by atoms with Gasteiger partial charge >= 0.3 is 6.09 Å². The average Bonchev–Trinajstić information content (AvgIpc) is 2.46. The van der Waals surface area contributed by atoms with E-state index in [9.17, 15) is 14.0 Å². The standard InChI is InChI=1S/C8H12FNO3/c1-5(2)6-4-13-8(12)10(6)7(11)3-9/h5-6H,3-4H2,1-2H3/t6-/m1/s1. The van der Waals surface area contributed by atoms with E-state index in [1.807, 2.05) is 13.8 Å². The minimum atomic E-state index is -1.15. The van der Waals surface area contributed by atoms with Crippen molar-refractivity contribution < 1.29 is 18.7 Å². The third-order valence-corrected chi connectivity index (χ3v) is 2.06. The lowest BCUT2D eigenvalue weighted by Gasteiger charge is -2.20. The molecular formula is C8H12FNO3. The maximum absolute atomic E-state index is 12.0. The fourth-order valence-corrected chi connectivity index (χ4v) is 1.28. The van der Waals surface area contributed by atoms with Crippen molar-refractivity contribution in [2.24, 2.45) is 5.92 Å². The van der Waals surface area contributed by atoms with Crippen molar-refractivity contribution in [1.82, 2.24) is 4.90 Å². The van der Waals surface area contributed by atoms with Crippen LogP contribution in [0.3, 0.4) is 0 Å². The second-order valence-electron chi connectivity index (χ2n) is 3.29. The highest BCUT2D eigenvalue weighted by molar-refractivity contribution is 5.94. The molecule has 2 amide bonds. The molecule has 1 rings (SSSR count). The highest BCUT2D eigenvalue weighted by atomic mass is 19.1. The van der Waals surface area contributed by atoms with Gasteiger partial charge in [0.1, 0.15) is 6.61 Å². The minimum Gasteiger partial charge on any atom is -0.447 e. The normalized spacial score (nSPS) is 22.3. The predicted molar refractivity (Wildman–Crippen MR) is 42.8 cm³/mol. The summed E-state index contributed by atoms with van der Waals surface area (Å²) in [4.78, 5) is 22.9. The number of cyclic esters (lactones) is 1. The van der Waals surface area contributed by atoms with Crippen molar-refractivity contribution in [3.63, 3.8) is 0 Å². The lowest BCUT2D eigenvalue weighted by atomic mass is 10.0. The molecule has 0 aliphatic carbocycles. The van der Waals surface area contributed by atoms with Crippen LogP contribution in [0.1, 0.15) is 13.8 Å². The molecule has 0 aromatic carbocycles. The van der Waals surface area contributed by atoms with Gasteiger partial charge in [-0.2, -0.15) is 0 Å². The van der Waals surface area contributed by atoms with Gasteiger partial charge in [0, 0.05) is 0 Å². The number of halogens is 1. The molecule has 1 aliphatic heterocycles. The summed E-state index contributed by atoms with van der Waals surface area (Å²) in [6, 6.07) is -0.323. The SMILES string of the molecule is CC(C)[C@H]1COC(=O)N1C(=O)CF. The largest absolute Gasteiger partial charge is 0.447 e. The average molecular weight is 189 g/mol. The molecule has 0 aromatic rings. The smallest absolute Gasteiger partial charge is 0.417 e. The first-order valence-corrected chi connectivity index (χ1v) is 4.12. The van der Waals surface area contributed by atoms with Crippen LogP contribution >= 0.6 is 0 Å². The first-order valence-electron chi connectivity index (χ1n) is 4.12. The summed E-state index contributed by atoms with van der Waals surface area (Å²) in [7, 11) is 0. The Balaban J connectivity index is 2.77. The van der Waals surface area contributed by atoms with Gasteiger partial charge in [-0.15, -0.1) is 0 Å². The zero-order chi connectivity index (χ0) is 10.0. The molecule has 1 aliphatic rings. The number of amides is 2. The first kappa shape index (κ1) is 9.95. The lowest BCUT2D eigenvalue weighted by molar-refractivity contribution is -0.130. The van der Waals surface area contributed by atoms with Gasteiger partial charge < -0.3 is 4.74 Å². The van der Waals surface area contributed by atoms with Crippen LogP contribution in [0.5, 0.6) is 0 Å². The quantitative estimate of drug-likeness (QED) is 0.650. The van der Waals surface area contributed by atoms with Gasteiger partial charge in [-0.25, -0.2) is 14.1 Å². The van der Waals surface area contributed by atoms with Gasteiger partial charge in [0.2, 0.25) is 0 Å². The molecule has 0 saturated carbocycles. The summed E-state index contributed by atoms with van der Waals surface area (Å²) >= 11 is 0.